The molecule has 0 aliphatic heterocycles. The molecule has 122 valence electrons. The minimum atomic E-state index is -3.76. The number of anilines is 1. The number of carboxylic acid groups (broad SMARTS) is 1. The molecule has 0 saturated heterocycles. The Kier molecular flexibility index (Phi) is 4.47. The smallest absolute Gasteiger partial charge is 0.335 e. The lowest BCUT2D eigenvalue weighted by Gasteiger charge is -2.19. The van der Waals surface area contributed by atoms with Crippen molar-refractivity contribution in [2.45, 2.75) is 31.1 Å². The van der Waals surface area contributed by atoms with E-state index in [1.165, 1.54) is 24.3 Å². The SMILES string of the molecule is CC(C)(C)c1ccc(S(=O)(=O)Nc2cccc(C(=O)O)c2)cc1. The van der Waals surface area contributed by atoms with Gasteiger partial charge >= 0.3 is 5.97 Å². The minimum Gasteiger partial charge on any atom is -0.478 e. The summed E-state index contributed by atoms with van der Waals surface area (Å²) < 4.78 is 27.2. The first-order valence-corrected chi connectivity index (χ1v) is 8.55. The Bertz CT molecular complexity index is 818. The van der Waals surface area contributed by atoms with Crippen molar-refractivity contribution >= 4 is 21.7 Å². The number of hydrogen-bond donors (Lipinski definition) is 2. The van der Waals surface area contributed by atoms with Crippen LogP contribution >= 0.6 is 0 Å². The molecule has 0 aliphatic rings. The summed E-state index contributed by atoms with van der Waals surface area (Å²) in [7, 11) is -3.76. The third-order valence-electron chi connectivity index (χ3n) is 3.39. The maximum absolute atomic E-state index is 12.4. The largest absolute Gasteiger partial charge is 0.478 e. The van der Waals surface area contributed by atoms with Crippen LogP contribution in [0.3, 0.4) is 0 Å². The van der Waals surface area contributed by atoms with Crippen molar-refractivity contribution in [3.8, 4) is 0 Å². The Morgan fingerprint density at radius 2 is 1.65 bits per heavy atom. The first kappa shape index (κ1) is 17.0. The van der Waals surface area contributed by atoms with Crippen molar-refractivity contribution in [1.29, 1.82) is 0 Å². The van der Waals surface area contributed by atoms with Gasteiger partial charge in [0.2, 0.25) is 0 Å². The minimum absolute atomic E-state index is 0.0216. The van der Waals surface area contributed by atoms with E-state index in [0.717, 1.165) is 5.56 Å². The van der Waals surface area contributed by atoms with Crippen molar-refractivity contribution < 1.29 is 18.3 Å². The van der Waals surface area contributed by atoms with Gasteiger partial charge in [-0.15, -0.1) is 0 Å². The van der Waals surface area contributed by atoms with E-state index in [1.54, 1.807) is 24.3 Å². The highest BCUT2D eigenvalue weighted by molar-refractivity contribution is 7.92. The van der Waals surface area contributed by atoms with Crippen LogP contribution in [-0.4, -0.2) is 19.5 Å². The highest BCUT2D eigenvalue weighted by Gasteiger charge is 2.18. The number of hydrogen-bond acceptors (Lipinski definition) is 3. The summed E-state index contributed by atoms with van der Waals surface area (Å²) in [5, 5.41) is 8.95. The molecule has 0 radical (unpaired) electrons. The second kappa shape index (κ2) is 6.04. The molecule has 0 unspecified atom stereocenters. The second-order valence-corrected chi connectivity index (χ2v) is 7.95. The maximum Gasteiger partial charge on any atom is 0.335 e. The van der Waals surface area contributed by atoms with Gasteiger partial charge in [0.05, 0.1) is 10.5 Å². The molecule has 0 spiro atoms. The van der Waals surface area contributed by atoms with Gasteiger partial charge in [0.25, 0.3) is 10.0 Å². The number of aromatic carboxylic acids is 1. The van der Waals surface area contributed by atoms with Crippen molar-refractivity contribution in [1.82, 2.24) is 0 Å². The van der Waals surface area contributed by atoms with Gasteiger partial charge in [-0.05, 0) is 41.3 Å². The highest BCUT2D eigenvalue weighted by atomic mass is 32.2. The number of nitrogens with one attached hydrogen (secondary N) is 1. The second-order valence-electron chi connectivity index (χ2n) is 6.27. The van der Waals surface area contributed by atoms with E-state index < -0.39 is 16.0 Å². The fourth-order valence-corrected chi connectivity index (χ4v) is 3.11. The predicted octanol–water partition coefficient (Wildman–Crippen LogP) is 3.48. The van der Waals surface area contributed by atoms with Crippen LogP contribution in [0.15, 0.2) is 53.4 Å². The summed E-state index contributed by atoms with van der Waals surface area (Å²) >= 11 is 0. The van der Waals surface area contributed by atoms with E-state index >= 15 is 0 Å². The Labute approximate surface area is 136 Å². The van der Waals surface area contributed by atoms with Gasteiger partial charge in [0, 0.05) is 5.69 Å². The Morgan fingerprint density at radius 1 is 1.04 bits per heavy atom. The van der Waals surface area contributed by atoms with Crippen LogP contribution in [0.5, 0.6) is 0 Å². The van der Waals surface area contributed by atoms with Crippen molar-refractivity contribution in [2.24, 2.45) is 0 Å². The van der Waals surface area contributed by atoms with Crippen LogP contribution in [0.1, 0.15) is 36.7 Å². The summed E-state index contributed by atoms with van der Waals surface area (Å²) in [6.45, 7) is 6.14. The normalized spacial score (nSPS) is 12.0. The predicted molar refractivity (Wildman–Crippen MR) is 89.4 cm³/mol. The van der Waals surface area contributed by atoms with Gasteiger partial charge in [0.15, 0.2) is 0 Å². The molecule has 2 aromatic rings. The molecular formula is C17H19NO4S. The van der Waals surface area contributed by atoms with Gasteiger partial charge in [0.1, 0.15) is 0 Å². The lowest BCUT2D eigenvalue weighted by molar-refractivity contribution is 0.0697. The van der Waals surface area contributed by atoms with Crippen LogP contribution < -0.4 is 4.72 Å². The molecule has 6 heteroatoms. The fraction of sp³-hybridized carbons (Fsp3) is 0.235. The first-order chi connectivity index (χ1) is 10.6. The molecular weight excluding hydrogens is 314 g/mol. The third kappa shape index (κ3) is 4.10. The van der Waals surface area contributed by atoms with Crippen molar-refractivity contribution in [3.05, 3.63) is 59.7 Å². The van der Waals surface area contributed by atoms with E-state index in [2.05, 4.69) is 4.72 Å². The van der Waals surface area contributed by atoms with Crippen molar-refractivity contribution in [3.63, 3.8) is 0 Å². The topological polar surface area (TPSA) is 83.5 Å². The average Bonchev–Trinajstić information content (AvgIpc) is 2.46. The zero-order valence-electron chi connectivity index (χ0n) is 13.2. The van der Waals surface area contributed by atoms with Gasteiger partial charge in [-0.2, -0.15) is 0 Å². The Morgan fingerprint density at radius 3 is 2.17 bits per heavy atom. The quantitative estimate of drug-likeness (QED) is 0.897. The lowest BCUT2D eigenvalue weighted by Crippen LogP contribution is -2.15. The van der Waals surface area contributed by atoms with Crippen LogP contribution in [0.25, 0.3) is 0 Å². The number of carboxylic acids is 1. The van der Waals surface area contributed by atoms with Crippen molar-refractivity contribution in [2.75, 3.05) is 4.72 Å². The highest BCUT2D eigenvalue weighted by Crippen LogP contribution is 2.24. The van der Waals surface area contributed by atoms with E-state index in [4.69, 9.17) is 5.11 Å². The van der Waals surface area contributed by atoms with Gasteiger partial charge in [-0.1, -0.05) is 39.0 Å². The van der Waals surface area contributed by atoms with Crippen LogP contribution in [-0.2, 0) is 15.4 Å². The summed E-state index contributed by atoms with van der Waals surface area (Å²) in [6.07, 6.45) is 0. The summed E-state index contributed by atoms with van der Waals surface area (Å²) in [5.74, 6) is -1.11. The standard InChI is InChI=1S/C17H19NO4S/c1-17(2,3)13-7-9-15(10-8-13)23(21,22)18-14-6-4-5-12(11-14)16(19)20/h4-11,18H,1-3H3,(H,19,20). The third-order valence-corrected chi connectivity index (χ3v) is 4.79. The number of carbonyl (C=O) groups is 1. The maximum atomic E-state index is 12.4. The zero-order chi connectivity index (χ0) is 17.3. The molecule has 5 nitrogen and oxygen atoms in total. The number of sulfonamides is 1. The van der Waals surface area contributed by atoms with Gasteiger partial charge in [-0.25, -0.2) is 13.2 Å². The number of benzene rings is 2. The van der Waals surface area contributed by atoms with E-state index in [-0.39, 0.29) is 21.6 Å². The lowest BCUT2D eigenvalue weighted by atomic mass is 9.87. The first-order valence-electron chi connectivity index (χ1n) is 7.06. The summed E-state index contributed by atoms with van der Waals surface area (Å²) in [5.41, 5.74) is 1.20. The molecule has 0 saturated carbocycles. The molecule has 0 bridgehead atoms. The molecule has 0 amide bonds. The molecule has 2 N–H and O–H groups in total. The molecule has 0 fully saturated rings. The van der Waals surface area contributed by atoms with E-state index in [0.29, 0.717) is 0 Å². The molecule has 0 aliphatic carbocycles. The number of rotatable bonds is 4. The zero-order valence-corrected chi connectivity index (χ0v) is 14.0. The van der Waals surface area contributed by atoms with Crippen LogP contribution in [0.4, 0.5) is 5.69 Å². The fourth-order valence-electron chi connectivity index (χ4n) is 2.06. The average molecular weight is 333 g/mol. The molecule has 2 rings (SSSR count). The van der Waals surface area contributed by atoms with Crippen LogP contribution in [0, 0.1) is 0 Å². The molecule has 2 aromatic carbocycles. The molecule has 0 aromatic heterocycles. The molecule has 0 heterocycles. The monoisotopic (exact) mass is 333 g/mol. The van der Waals surface area contributed by atoms with Gasteiger partial charge in [-0.3, -0.25) is 4.72 Å². The Hall–Kier alpha value is -2.34. The van der Waals surface area contributed by atoms with E-state index in [1.807, 2.05) is 20.8 Å². The van der Waals surface area contributed by atoms with E-state index in [9.17, 15) is 13.2 Å². The van der Waals surface area contributed by atoms with Crippen LogP contribution in [0.2, 0.25) is 0 Å². The molecule has 0 atom stereocenters. The van der Waals surface area contributed by atoms with Gasteiger partial charge < -0.3 is 5.11 Å². The summed E-state index contributed by atoms with van der Waals surface area (Å²) in [4.78, 5) is 11.1. The summed E-state index contributed by atoms with van der Waals surface area (Å²) in [6, 6.07) is 12.3. The Balaban J connectivity index is 2.29. The molecule has 23 heavy (non-hydrogen) atoms.